The van der Waals surface area contributed by atoms with E-state index in [1.54, 1.807) is 11.0 Å². The smallest absolute Gasteiger partial charge is 0.416 e. The third-order valence-electron chi connectivity index (χ3n) is 6.99. The molecule has 2 aromatic rings. The Labute approximate surface area is 252 Å². The van der Waals surface area contributed by atoms with Gasteiger partial charge < -0.3 is 20.7 Å². The number of carbonyl (C=O) groups excluding carboxylic acids is 2. The predicted octanol–water partition coefficient (Wildman–Crippen LogP) is 6.26. The van der Waals surface area contributed by atoms with Gasteiger partial charge in [-0.3, -0.25) is 9.59 Å². The largest absolute Gasteiger partial charge is 0.493 e. The number of unbranched alkanes of at least 4 members (excludes halogenated alkanes) is 2. The Bertz CT molecular complexity index is 1200. The van der Waals surface area contributed by atoms with E-state index in [9.17, 15) is 27.2 Å². The van der Waals surface area contributed by atoms with E-state index in [4.69, 9.17) is 16.9 Å². The number of primary amides is 1. The lowest BCUT2D eigenvalue weighted by atomic mass is 9.98. The molecule has 1 atom stereocenters. The first-order valence-electron chi connectivity index (χ1n) is 14.8. The molecule has 10 heteroatoms. The zero-order valence-corrected chi connectivity index (χ0v) is 24.9. The van der Waals surface area contributed by atoms with E-state index in [1.807, 2.05) is 13.0 Å². The molecule has 43 heavy (non-hydrogen) atoms. The van der Waals surface area contributed by atoms with Gasteiger partial charge in [-0.05, 0) is 80.8 Å². The average molecular weight is 606 g/mol. The zero-order valence-electron chi connectivity index (χ0n) is 24.9. The van der Waals surface area contributed by atoms with Gasteiger partial charge in [-0.1, -0.05) is 25.1 Å². The second kappa shape index (κ2) is 18.9. The Hall–Kier alpha value is -3.58. The molecule has 0 spiro atoms. The number of terminal acetylenes is 1. The monoisotopic (exact) mass is 605 g/mol. The van der Waals surface area contributed by atoms with Crippen LogP contribution in [0.25, 0.3) is 0 Å². The SMILES string of the molecule is C#CCC(CCC(=O)N(CCC)CCCCOc1cc(F)cc(CCCCNCc2cccc(C(F)(F)F)c2)c1)C(N)=O. The lowest BCUT2D eigenvalue weighted by Crippen LogP contribution is -2.34. The van der Waals surface area contributed by atoms with Gasteiger partial charge in [0.2, 0.25) is 11.8 Å². The van der Waals surface area contributed by atoms with Crippen molar-refractivity contribution in [2.75, 3.05) is 26.2 Å². The molecule has 0 aliphatic heterocycles. The van der Waals surface area contributed by atoms with Crippen molar-refractivity contribution in [3.05, 3.63) is 65.0 Å². The summed E-state index contributed by atoms with van der Waals surface area (Å²) in [7, 11) is 0. The van der Waals surface area contributed by atoms with Gasteiger partial charge in [0.1, 0.15) is 11.6 Å². The topological polar surface area (TPSA) is 84.7 Å². The molecule has 236 valence electrons. The van der Waals surface area contributed by atoms with Gasteiger partial charge in [-0.15, -0.1) is 12.3 Å². The van der Waals surface area contributed by atoms with E-state index in [1.165, 1.54) is 18.2 Å². The van der Waals surface area contributed by atoms with Gasteiger partial charge in [-0.25, -0.2) is 4.39 Å². The quantitative estimate of drug-likeness (QED) is 0.106. The maximum absolute atomic E-state index is 14.2. The minimum atomic E-state index is -4.36. The number of ether oxygens (including phenoxy) is 1. The predicted molar refractivity (Wildman–Crippen MR) is 159 cm³/mol. The Balaban J connectivity index is 1.70. The summed E-state index contributed by atoms with van der Waals surface area (Å²) in [5.41, 5.74) is 6.09. The molecule has 0 heterocycles. The molecule has 2 aromatic carbocycles. The van der Waals surface area contributed by atoms with Gasteiger partial charge in [0.25, 0.3) is 0 Å². The van der Waals surface area contributed by atoms with E-state index in [0.717, 1.165) is 37.0 Å². The number of carbonyl (C=O) groups is 2. The van der Waals surface area contributed by atoms with Gasteiger partial charge in [0.05, 0.1) is 12.2 Å². The van der Waals surface area contributed by atoms with Crippen molar-refractivity contribution in [2.45, 2.75) is 77.4 Å². The van der Waals surface area contributed by atoms with Crippen LogP contribution in [0, 0.1) is 24.1 Å². The third-order valence-corrected chi connectivity index (χ3v) is 6.99. The Kier molecular flexibility index (Phi) is 15.6. The van der Waals surface area contributed by atoms with Gasteiger partial charge >= 0.3 is 6.18 Å². The van der Waals surface area contributed by atoms with Crippen molar-refractivity contribution >= 4 is 11.8 Å². The highest BCUT2D eigenvalue weighted by Gasteiger charge is 2.30. The van der Waals surface area contributed by atoms with Crippen LogP contribution in [0.1, 0.15) is 75.0 Å². The number of rotatable bonds is 20. The number of alkyl halides is 3. The van der Waals surface area contributed by atoms with Crippen molar-refractivity contribution in [3.8, 4) is 18.1 Å². The van der Waals surface area contributed by atoms with Gasteiger partial charge in [0, 0.05) is 44.5 Å². The van der Waals surface area contributed by atoms with Crippen LogP contribution in [-0.4, -0.2) is 43.0 Å². The van der Waals surface area contributed by atoms with E-state index in [-0.39, 0.29) is 24.6 Å². The van der Waals surface area contributed by atoms with Crippen LogP contribution in [0.15, 0.2) is 42.5 Å². The summed E-state index contributed by atoms with van der Waals surface area (Å²) in [6.07, 6.45) is 6.11. The molecule has 6 nitrogen and oxygen atoms in total. The molecule has 0 bridgehead atoms. The second-order valence-electron chi connectivity index (χ2n) is 10.6. The molecule has 2 rings (SSSR count). The van der Waals surface area contributed by atoms with Crippen molar-refractivity contribution in [2.24, 2.45) is 11.7 Å². The number of hydrogen-bond donors (Lipinski definition) is 2. The molecule has 1 unspecified atom stereocenters. The van der Waals surface area contributed by atoms with Crippen molar-refractivity contribution in [1.29, 1.82) is 0 Å². The fourth-order valence-electron chi connectivity index (χ4n) is 4.69. The molecule has 0 aromatic heterocycles. The van der Waals surface area contributed by atoms with Gasteiger partial charge in [-0.2, -0.15) is 13.2 Å². The minimum Gasteiger partial charge on any atom is -0.493 e. The number of benzene rings is 2. The maximum atomic E-state index is 14.2. The van der Waals surface area contributed by atoms with Crippen LogP contribution in [0.2, 0.25) is 0 Å². The number of nitrogens with zero attached hydrogens (tertiary/aromatic N) is 1. The molecule has 0 aliphatic rings. The Morgan fingerprint density at radius 3 is 2.56 bits per heavy atom. The summed E-state index contributed by atoms with van der Waals surface area (Å²) in [6, 6.07) is 9.90. The third kappa shape index (κ3) is 14.0. The van der Waals surface area contributed by atoms with Crippen molar-refractivity contribution in [1.82, 2.24) is 10.2 Å². The number of hydrogen-bond acceptors (Lipinski definition) is 4. The van der Waals surface area contributed by atoms with Crippen LogP contribution in [0.4, 0.5) is 17.6 Å². The number of halogens is 4. The number of aryl methyl sites for hydroxylation is 1. The van der Waals surface area contributed by atoms with E-state index in [0.29, 0.717) is 69.8 Å². The number of amides is 2. The average Bonchev–Trinajstić information content (AvgIpc) is 2.95. The highest BCUT2D eigenvalue weighted by molar-refractivity contribution is 5.79. The van der Waals surface area contributed by atoms with Crippen LogP contribution < -0.4 is 15.8 Å². The summed E-state index contributed by atoms with van der Waals surface area (Å²) in [4.78, 5) is 26.0. The summed E-state index contributed by atoms with van der Waals surface area (Å²) in [5, 5.41) is 3.16. The van der Waals surface area contributed by atoms with Crippen LogP contribution in [0.5, 0.6) is 5.75 Å². The van der Waals surface area contributed by atoms with Crippen LogP contribution in [-0.2, 0) is 28.7 Å². The summed E-state index contributed by atoms with van der Waals surface area (Å²) in [6.45, 7) is 4.51. The molecular weight excluding hydrogens is 562 g/mol. The molecule has 0 radical (unpaired) electrons. The van der Waals surface area contributed by atoms with Crippen LogP contribution >= 0.6 is 0 Å². The fourth-order valence-corrected chi connectivity index (χ4v) is 4.69. The number of nitrogens with one attached hydrogen (secondary N) is 1. The maximum Gasteiger partial charge on any atom is 0.416 e. The van der Waals surface area contributed by atoms with Crippen molar-refractivity contribution in [3.63, 3.8) is 0 Å². The summed E-state index contributed by atoms with van der Waals surface area (Å²) in [5.74, 6) is 1.47. The summed E-state index contributed by atoms with van der Waals surface area (Å²) < 4.78 is 58.5. The normalized spacial score (nSPS) is 12.0. The lowest BCUT2D eigenvalue weighted by Gasteiger charge is -2.23. The standard InChI is InChI=1S/C33H43F4N3O3/c1-3-10-27(32(38)42)14-15-31(41)40(17-4-2)18-7-8-19-43-30-22-25(21-29(34)23-30)11-5-6-16-39-24-26-12-9-13-28(20-26)33(35,36)37/h1,9,12-13,20-23,27,39H,4-8,10-11,14-19,24H2,2H3,(H2,38,42). The molecular formula is C33H43F4N3O3. The molecule has 0 saturated heterocycles. The highest BCUT2D eigenvalue weighted by Crippen LogP contribution is 2.29. The van der Waals surface area contributed by atoms with E-state index >= 15 is 0 Å². The number of nitrogens with two attached hydrogens (primary N) is 1. The highest BCUT2D eigenvalue weighted by atomic mass is 19.4. The lowest BCUT2D eigenvalue weighted by molar-refractivity contribution is -0.137. The van der Waals surface area contributed by atoms with Crippen LogP contribution in [0.3, 0.4) is 0 Å². The molecule has 3 N–H and O–H groups in total. The molecule has 0 saturated carbocycles. The first kappa shape index (κ1) is 35.6. The van der Waals surface area contributed by atoms with E-state index < -0.39 is 23.6 Å². The second-order valence-corrected chi connectivity index (χ2v) is 10.6. The van der Waals surface area contributed by atoms with Gasteiger partial charge in [0.15, 0.2) is 0 Å². The van der Waals surface area contributed by atoms with Crippen molar-refractivity contribution < 1.29 is 31.9 Å². The molecule has 0 fully saturated rings. The Morgan fingerprint density at radius 1 is 1.07 bits per heavy atom. The molecule has 0 aliphatic carbocycles. The van der Waals surface area contributed by atoms with E-state index in [2.05, 4.69) is 11.2 Å². The molecule has 2 amide bonds. The zero-order chi connectivity index (χ0) is 31.7. The Morgan fingerprint density at radius 2 is 1.86 bits per heavy atom. The first-order chi connectivity index (χ1) is 20.5. The minimum absolute atomic E-state index is 0.0355. The summed E-state index contributed by atoms with van der Waals surface area (Å²) >= 11 is 0. The fraction of sp³-hybridized carbons (Fsp3) is 0.515. The first-order valence-corrected chi connectivity index (χ1v) is 14.8.